The molecule has 2 heterocycles. The molecule has 0 radical (unpaired) electrons. The summed E-state index contributed by atoms with van der Waals surface area (Å²) in [6, 6.07) is 13.2. The zero-order valence-corrected chi connectivity index (χ0v) is 19.8. The van der Waals surface area contributed by atoms with Crippen LogP contribution in [-0.2, 0) is 11.3 Å². The van der Waals surface area contributed by atoms with Crippen molar-refractivity contribution >= 4 is 17.1 Å². The second-order valence-electron chi connectivity index (χ2n) is 9.25. The summed E-state index contributed by atoms with van der Waals surface area (Å²) in [5, 5.41) is 0. The number of imidazole rings is 1. The number of rotatable bonds is 5. The van der Waals surface area contributed by atoms with E-state index >= 15 is 0 Å². The van der Waals surface area contributed by atoms with Crippen molar-refractivity contribution < 1.29 is 19.0 Å². The van der Waals surface area contributed by atoms with Gasteiger partial charge >= 0.3 is 11.8 Å². The molecule has 1 atom stereocenters. The normalized spacial score (nSPS) is 16.3. The van der Waals surface area contributed by atoms with Gasteiger partial charge in [0.15, 0.2) is 0 Å². The summed E-state index contributed by atoms with van der Waals surface area (Å²) in [4.78, 5) is 28.0. The fourth-order valence-corrected chi connectivity index (χ4v) is 4.42. The third-order valence-corrected chi connectivity index (χ3v) is 5.87. The Balaban J connectivity index is 1.75. The monoisotopic (exact) mass is 453 g/mol. The summed E-state index contributed by atoms with van der Waals surface area (Å²) in [5.74, 6) is 1.34. The highest BCUT2D eigenvalue weighted by Gasteiger charge is 2.33. The van der Waals surface area contributed by atoms with Gasteiger partial charge in [0, 0.05) is 18.7 Å². The molecule has 3 aromatic rings. The molecule has 0 unspecified atom stereocenters. The van der Waals surface area contributed by atoms with Crippen molar-refractivity contribution in [1.82, 2.24) is 14.0 Å². The van der Waals surface area contributed by atoms with Gasteiger partial charge in [-0.05, 0) is 45.4 Å². The number of hydrogen-bond donors (Lipinski definition) is 0. The minimum atomic E-state index is -0.565. The summed E-state index contributed by atoms with van der Waals surface area (Å²) in [6.07, 6.45) is 0.317. The van der Waals surface area contributed by atoms with Crippen molar-refractivity contribution in [3.05, 3.63) is 58.5 Å². The second-order valence-corrected chi connectivity index (χ2v) is 9.25. The van der Waals surface area contributed by atoms with Gasteiger partial charge in [0.05, 0.1) is 32.3 Å². The lowest BCUT2D eigenvalue weighted by atomic mass is 10.2. The minimum Gasteiger partial charge on any atom is -0.496 e. The molecular weight excluding hydrogens is 422 g/mol. The third-order valence-electron chi connectivity index (χ3n) is 5.87. The topological polar surface area (TPSA) is 74.9 Å². The largest absolute Gasteiger partial charge is 0.496 e. The van der Waals surface area contributed by atoms with Crippen LogP contribution in [0.25, 0.3) is 11.0 Å². The highest BCUT2D eigenvalue weighted by Crippen LogP contribution is 2.31. The van der Waals surface area contributed by atoms with Crippen LogP contribution in [0.3, 0.4) is 0 Å². The van der Waals surface area contributed by atoms with Crippen molar-refractivity contribution in [3.63, 3.8) is 0 Å². The molecule has 1 saturated heterocycles. The van der Waals surface area contributed by atoms with Gasteiger partial charge in [-0.3, -0.25) is 9.13 Å². The first kappa shape index (κ1) is 22.8. The number of nitrogens with zero attached hydrogens (tertiary/aromatic N) is 3. The maximum Gasteiger partial charge on any atom is 0.410 e. The minimum absolute atomic E-state index is 0.142. The zero-order chi connectivity index (χ0) is 23.8. The fourth-order valence-electron chi connectivity index (χ4n) is 4.42. The van der Waals surface area contributed by atoms with Crippen LogP contribution >= 0.6 is 0 Å². The average molecular weight is 454 g/mol. The Bertz CT molecular complexity index is 1220. The van der Waals surface area contributed by atoms with E-state index in [1.165, 1.54) is 0 Å². The first-order valence-electron chi connectivity index (χ1n) is 11.1. The van der Waals surface area contributed by atoms with Gasteiger partial charge in [0.25, 0.3) is 0 Å². The highest BCUT2D eigenvalue weighted by atomic mass is 16.6. The molecule has 8 nitrogen and oxygen atoms in total. The van der Waals surface area contributed by atoms with E-state index in [4.69, 9.17) is 14.2 Å². The van der Waals surface area contributed by atoms with Gasteiger partial charge in [0.2, 0.25) is 0 Å². The number of fused-ring (bicyclic) bond motifs is 1. The molecule has 2 aromatic carbocycles. The first-order valence-corrected chi connectivity index (χ1v) is 11.1. The standard InChI is InChI=1S/C25H31N3O5/c1-25(2,3)33-24(30)26-14-13-18(16-26)28-19-10-8-12-21(32-5)22(19)27(23(28)29)15-17-9-6-7-11-20(17)31-4/h6-12,18H,13-16H2,1-5H3/t18-/m1/s1. The Labute approximate surface area is 193 Å². The van der Waals surface area contributed by atoms with E-state index in [1.807, 2.05) is 63.2 Å². The van der Waals surface area contributed by atoms with Gasteiger partial charge < -0.3 is 19.1 Å². The predicted molar refractivity (Wildman–Crippen MR) is 126 cm³/mol. The zero-order valence-electron chi connectivity index (χ0n) is 19.8. The molecule has 1 amide bonds. The fraction of sp³-hybridized carbons (Fsp3) is 0.440. The SMILES string of the molecule is COc1ccccc1Cn1c(=O)n([C@@H]2CCN(C(=O)OC(C)(C)C)C2)c2cccc(OC)c21. The van der Waals surface area contributed by atoms with Crippen molar-refractivity contribution in [2.24, 2.45) is 0 Å². The molecule has 33 heavy (non-hydrogen) atoms. The van der Waals surface area contributed by atoms with Gasteiger partial charge in [-0.15, -0.1) is 0 Å². The van der Waals surface area contributed by atoms with E-state index < -0.39 is 5.60 Å². The lowest BCUT2D eigenvalue weighted by Gasteiger charge is -2.24. The van der Waals surface area contributed by atoms with E-state index in [1.54, 1.807) is 28.3 Å². The number of methoxy groups -OCH3 is 2. The Morgan fingerprint density at radius 1 is 1.03 bits per heavy atom. The molecular formula is C25H31N3O5. The maximum absolute atomic E-state index is 13.7. The lowest BCUT2D eigenvalue weighted by molar-refractivity contribution is 0.0289. The molecule has 0 spiro atoms. The number of benzene rings is 2. The number of ether oxygens (including phenoxy) is 3. The van der Waals surface area contributed by atoms with Crippen molar-refractivity contribution in [3.8, 4) is 11.5 Å². The summed E-state index contributed by atoms with van der Waals surface area (Å²) < 4.78 is 20.2. The smallest absolute Gasteiger partial charge is 0.410 e. The molecule has 1 aliphatic rings. The van der Waals surface area contributed by atoms with Crippen LogP contribution < -0.4 is 15.2 Å². The molecule has 1 aromatic heterocycles. The first-order chi connectivity index (χ1) is 15.7. The Morgan fingerprint density at radius 3 is 2.42 bits per heavy atom. The molecule has 8 heteroatoms. The Hall–Kier alpha value is -3.42. The van der Waals surface area contributed by atoms with Gasteiger partial charge in [0.1, 0.15) is 22.6 Å². The van der Waals surface area contributed by atoms with E-state index in [9.17, 15) is 9.59 Å². The summed E-state index contributed by atoms with van der Waals surface area (Å²) in [5.41, 5.74) is 1.70. The Kier molecular flexibility index (Phi) is 6.10. The second kappa shape index (κ2) is 8.84. The number of aromatic nitrogens is 2. The van der Waals surface area contributed by atoms with Crippen LogP contribution in [0.1, 0.15) is 38.8 Å². The van der Waals surface area contributed by atoms with Crippen LogP contribution in [0, 0.1) is 0 Å². The highest BCUT2D eigenvalue weighted by molar-refractivity contribution is 5.83. The quantitative estimate of drug-likeness (QED) is 0.583. The summed E-state index contributed by atoms with van der Waals surface area (Å²) >= 11 is 0. The lowest BCUT2D eigenvalue weighted by Crippen LogP contribution is -2.36. The molecule has 176 valence electrons. The number of hydrogen-bond acceptors (Lipinski definition) is 5. The Morgan fingerprint density at radius 2 is 1.73 bits per heavy atom. The summed E-state index contributed by atoms with van der Waals surface area (Å²) in [6.45, 7) is 6.84. The number of carbonyl (C=O) groups is 1. The molecule has 1 fully saturated rings. The predicted octanol–water partition coefficient (Wildman–Crippen LogP) is 4.05. The van der Waals surface area contributed by atoms with E-state index in [-0.39, 0.29) is 17.8 Å². The molecule has 0 saturated carbocycles. The van der Waals surface area contributed by atoms with Crippen LogP contribution in [0.4, 0.5) is 4.79 Å². The molecule has 0 aliphatic carbocycles. The molecule has 1 aliphatic heterocycles. The van der Waals surface area contributed by atoms with Crippen molar-refractivity contribution in [1.29, 1.82) is 0 Å². The van der Waals surface area contributed by atoms with Gasteiger partial charge in [-0.2, -0.15) is 0 Å². The van der Waals surface area contributed by atoms with Crippen LogP contribution in [0.5, 0.6) is 11.5 Å². The van der Waals surface area contributed by atoms with Gasteiger partial charge in [-0.25, -0.2) is 9.59 Å². The third kappa shape index (κ3) is 4.42. The average Bonchev–Trinajstić information content (AvgIpc) is 3.36. The van der Waals surface area contributed by atoms with Crippen molar-refractivity contribution in [2.75, 3.05) is 27.3 Å². The van der Waals surface area contributed by atoms with E-state index in [0.29, 0.717) is 31.8 Å². The number of likely N-dealkylation sites (tertiary alicyclic amines) is 1. The van der Waals surface area contributed by atoms with Gasteiger partial charge in [-0.1, -0.05) is 24.3 Å². The van der Waals surface area contributed by atoms with E-state index in [0.717, 1.165) is 22.3 Å². The summed E-state index contributed by atoms with van der Waals surface area (Å²) in [7, 11) is 3.22. The maximum atomic E-state index is 13.7. The van der Waals surface area contributed by atoms with Crippen molar-refractivity contribution in [2.45, 2.75) is 45.4 Å². The number of amides is 1. The van der Waals surface area contributed by atoms with Crippen LogP contribution in [-0.4, -0.2) is 53.0 Å². The van der Waals surface area contributed by atoms with Crippen LogP contribution in [0.2, 0.25) is 0 Å². The van der Waals surface area contributed by atoms with E-state index in [2.05, 4.69) is 0 Å². The van der Waals surface area contributed by atoms with Crippen LogP contribution in [0.15, 0.2) is 47.3 Å². The molecule has 4 rings (SSSR count). The number of para-hydroxylation sites is 2. The molecule has 0 N–H and O–H groups in total. The number of carbonyl (C=O) groups excluding carboxylic acids is 1. The molecule has 0 bridgehead atoms.